The number of ether oxygens (including phenoxy) is 1. The molecule has 2 heterocycles. The molecule has 1 amide bonds. The van der Waals surface area contributed by atoms with Crippen molar-refractivity contribution in [3.8, 4) is 5.75 Å². The summed E-state index contributed by atoms with van der Waals surface area (Å²) < 4.78 is 84.3. The molecule has 0 radical (unpaired) electrons. The van der Waals surface area contributed by atoms with Crippen LogP contribution in [0.2, 0.25) is 5.02 Å². The van der Waals surface area contributed by atoms with Gasteiger partial charge in [0.15, 0.2) is 0 Å². The van der Waals surface area contributed by atoms with Gasteiger partial charge in [0.1, 0.15) is 11.6 Å². The minimum atomic E-state index is -4.83. The highest BCUT2D eigenvalue weighted by atomic mass is 35.5. The number of amides is 1. The van der Waals surface area contributed by atoms with Gasteiger partial charge in [-0.2, -0.15) is 5.10 Å². The van der Waals surface area contributed by atoms with Crippen molar-refractivity contribution < 1.29 is 35.5 Å². The summed E-state index contributed by atoms with van der Waals surface area (Å²) in [4.78, 5) is 14.4. The Morgan fingerprint density at radius 3 is 2.54 bits per heavy atom. The number of hydrogen-bond acceptors (Lipinski definition) is 6. The van der Waals surface area contributed by atoms with Gasteiger partial charge in [0.2, 0.25) is 10.0 Å². The maximum Gasteiger partial charge on any atom is 0.573 e. The van der Waals surface area contributed by atoms with E-state index in [0.29, 0.717) is 54.6 Å². The number of benzene rings is 2. The zero-order valence-corrected chi connectivity index (χ0v) is 20.9. The number of carbonyl (C=O) groups excluding carboxylic acids is 1. The molecule has 198 valence electrons. The molecule has 8 nitrogen and oxygen atoms in total. The second kappa shape index (κ2) is 9.14. The van der Waals surface area contributed by atoms with Crippen LogP contribution in [0.3, 0.4) is 0 Å². The van der Waals surface area contributed by atoms with Gasteiger partial charge >= 0.3 is 6.36 Å². The lowest BCUT2D eigenvalue weighted by atomic mass is 10.1. The van der Waals surface area contributed by atoms with Crippen molar-refractivity contribution in [2.45, 2.75) is 44.0 Å². The third-order valence-corrected chi connectivity index (χ3v) is 8.31. The van der Waals surface area contributed by atoms with Crippen molar-refractivity contribution in [3.05, 3.63) is 58.0 Å². The SMILES string of the molecule is Cc1nn(C2CN(Cc3cc(Cl)cc(OC(F)(F)F)c3)C2)c2cc(F)c(C(=O)NS(=O)(=O)C3CC3)cc12. The van der Waals surface area contributed by atoms with Gasteiger partial charge in [0.25, 0.3) is 5.91 Å². The van der Waals surface area contributed by atoms with Crippen molar-refractivity contribution in [2.24, 2.45) is 0 Å². The molecule has 3 aromatic rings. The van der Waals surface area contributed by atoms with Gasteiger partial charge in [-0.15, -0.1) is 13.2 Å². The van der Waals surface area contributed by atoms with Crippen LogP contribution in [0.15, 0.2) is 30.3 Å². The first kappa shape index (κ1) is 25.7. The molecule has 37 heavy (non-hydrogen) atoms. The molecule has 1 N–H and O–H groups in total. The number of likely N-dealkylation sites (tertiary alicyclic amines) is 1. The highest BCUT2D eigenvalue weighted by Gasteiger charge is 2.38. The first-order valence-electron chi connectivity index (χ1n) is 11.3. The molecular weight excluding hydrogens is 540 g/mol. The number of nitrogens with zero attached hydrogens (tertiary/aromatic N) is 3. The number of hydrogen-bond donors (Lipinski definition) is 1. The molecule has 1 aromatic heterocycles. The summed E-state index contributed by atoms with van der Waals surface area (Å²) in [6.45, 7) is 2.99. The number of aryl methyl sites for hydroxylation is 1. The summed E-state index contributed by atoms with van der Waals surface area (Å²) in [5, 5.41) is 4.49. The molecule has 0 spiro atoms. The largest absolute Gasteiger partial charge is 0.573 e. The highest BCUT2D eigenvalue weighted by Crippen LogP contribution is 2.33. The van der Waals surface area contributed by atoms with E-state index in [1.807, 2.05) is 9.62 Å². The van der Waals surface area contributed by atoms with E-state index in [1.54, 1.807) is 17.7 Å². The van der Waals surface area contributed by atoms with Gasteiger partial charge in [-0.05, 0) is 49.6 Å². The maximum atomic E-state index is 14.9. The molecule has 1 aliphatic carbocycles. The molecule has 2 aliphatic rings. The van der Waals surface area contributed by atoms with Crippen LogP contribution in [0.25, 0.3) is 10.9 Å². The Bertz CT molecular complexity index is 1500. The standard InChI is InChI=1S/C23H21ClF4N4O4S/c1-12-18-7-19(22(33)30-37(34,35)17-2-3-17)20(25)8-21(18)32(29-12)15-10-31(11-15)9-13-4-14(24)6-16(5-13)36-23(26,27)28/h4-8,15,17H,2-3,9-11H2,1H3,(H,30,33). The fourth-order valence-electron chi connectivity index (χ4n) is 4.40. The van der Waals surface area contributed by atoms with Crippen LogP contribution < -0.4 is 9.46 Å². The van der Waals surface area contributed by atoms with Crippen LogP contribution in [0.4, 0.5) is 17.6 Å². The second-order valence-corrected chi connectivity index (χ2v) is 11.6. The predicted molar refractivity (Wildman–Crippen MR) is 126 cm³/mol. The molecule has 14 heteroatoms. The molecular formula is C23H21ClF4N4O4S. The van der Waals surface area contributed by atoms with Gasteiger partial charge in [-0.1, -0.05) is 11.6 Å². The summed E-state index contributed by atoms with van der Waals surface area (Å²) in [6, 6.07) is 6.22. The van der Waals surface area contributed by atoms with E-state index in [9.17, 15) is 30.8 Å². The Morgan fingerprint density at radius 1 is 1.19 bits per heavy atom. The van der Waals surface area contributed by atoms with E-state index in [0.717, 1.165) is 12.1 Å². The summed E-state index contributed by atoms with van der Waals surface area (Å²) >= 11 is 5.94. The Balaban J connectivity index is 1.30. The number of sulfonamides is 1. The number of aromatic nitrogens is 2. The Kier molecular flexibility index (Phi) is 6.35. The summed E-state index contributed by atoms with van der Waals surface area (Å²) in [6.07, 6.45) is -3.90. The van der Waals surface area contributed by atoms with Crippen LogP contribution in [0, 0.1) is 12.7 Å². The minimum Gasteiger partial charge on any atom is -0.406 e. The quantitative estimate of drug-likeness (QED) is 0.433. The van der Waals surface area contributed by atoms with E-state index >= 15 is 0 Å². The molecule has 0 unspecified atom stereocenters. The third kappa shape index (κ3) is 5.53. The lowest BCUT2D eigenvalue weighted by Gasteiger charge is -2.39. The molecule has 1 saturated carbocycles. The lowest BCUT2D eigenvalue weighted by Crippen LogP contribution is -2.47. The van der Waals surface area contributed by atoms with Gasteiger partial charge in [0.05, 0.1) is 28.1 Å². The lowest BCUT2D eigenvalue weighted by molar-refractivity contribution is -0.274. The monoisotopic (exact) mass is 560 g/mol. The molecule has 1 aliphatic heterocycles. The molecule has 0 bridgehead atoms. The van der Waals surface area contributed by atoms with Crippen LogP contribution in [0.1, 0.15) is 40.5 Å². The smallest absolute Gasteiger partial charge is 0.406 e. The Hall–Kier alpha value is -2.90. The predicted octanol–water partition coefficient (Wildman–Crippen LogP) is 4.31. The fourth-order valence-corrected chi connectivity index (χ4v) is 5.94. The van der Waals surface area contributed by atoms with E-state index in [2.05, 4.69) is 9.84 Å². The number of carbonyl (C=O) groups is 1. The fraction of sp³-hybridized carbons (Fsp3) is 0.391. The summed E-state index contributed by atoms with van der Waals surface area (Å²) in [5.41, 5.74) is 1.14. The van der Waals surface area contributed by atoms with E-state index in [1.165, 1.54) is 12.1 Å². The average molecular weight is 561 g/mol. The van der Waals surface area contributed by atoms with Crippen LogP contribution in [0.5, 0.6) is 5.75 Å². The van der Waals surface area contributed by atoms with Crippen molar-refractivity contribution in [1.82, 2.24) is 19.4 Å². The van der Waals surface area contributed by atoms with Crippen LogP contribution in [-0.2, 0) is 16.6 Å². The summed E-state index contributed by atoms with van der Waals surface area (Å²) in [7, 11) is -3.83. The molecule has 2 fully saturated rings. The first-order valence-corrected chi connectivity index (χ1v) is 13.2. The van der Waals surface area contributed by atoms with Gasteiger partial charge < -0.3 is 4.74 Å². The number of rotatable bonds is 7. The van der Waals surface area contributed by atoms with Crippen molar-refractivity contribution in [3.63, 3.8) is 0 Å². The zero-order valence-electron chi connectivity index (χ0n) is 19.3. The first-order chi connectivity index (χ1) is 17.3. The number of halogens is 5. The number of fused-ring (bicyclic) bond motifs is 1. The van der Waals surface area contributed by atoms with Crippen LogP contribution in [-0.4, -0.2) is 53.7 Å². The Morgan fingerprint density at radius 2 is 1.89 bits per heavy atom. The van der Waals surface area contributed by atoms with Gasteiger partial charge in [-0.25, -0.2) is 17.5 Å². The van der Waals surface area contributed by atoms with Gasteiger partial charge in [0, 0.05) is 36.1 Å². The average Bonchev–Trinajstić information content (AvgIpc) is 3.54. The number of alkyl halides is 3. The molecule has 1 saturated heterocycles. The van der Waals surface area contributed by atoms with Gasteiger partial charge in [-0.3, -0.25) is 14.4 Å². The zero-order chi connectivity index (χ0) is 26.7. The normalized spacial score (nSPS) is 17.1. The van der Waals surface area contributed by atoms with Crippen molar-refractivity contribution in [2.75, 3.05) is 13.1 Å². The maximum absolute atomic E-state index is 14.9. The van der Waals surface area contributed by atoms with Crippen molar-refractivity contribution >= 4 is 38.4 Å². The summed E-state index contributed by atoms with van der Waals surface area (Å²) in [5.74, 6) is -2.30. The Labute approximate surface area is 214 Å². The third-order valence-electron chi connectivity index (χ3n) is 6.28. The molecule has 2 aromatic carbocycles. The van der Waals surface area contributed by atoms with E-state index in [4.69, 9.17) is 11.6 Å². The minimum absolute atomic E-state index is 0.114. The number of nitrogens with one attached hydrogen (secondary N) is 1. The topological polar surface area (TPSA) is 93.5 Å². The molecule has 5 rings (SSSR count). The van der Waals surface area contributed by atoms with E-state index in [-0.39, 0.29) is 16.6 Å². The molecule has 0 atom stereocenters. The van der Waals surface area contributed by atoms with Crippen LogP contribution >= 0.6 is 11.6 Å². The highest BCUT2D eigenvalue weighted by molar-refractivity contribution is 7.91. The van der Waals surface area contributed by atoms with E-state index < -0.39 is 39.1 Å². The van der Waals surface area contributed by atoms with Crippen molar-refractivity contribution in [1.29, 1.82) is 0 Å². The second-order valence-electron chi connectivity index (χ2n) is 9.25.